The average molecular weight is 480 g/mol. The van der Waals surface area contributed by atoms with Gasteiger partial charge < -0.3 is 14.6 Å². The Balaban J connectivity index is 1.45. The summed E-state index contributed by atoms with van der Waals surface area (Å²) in [4.78, 5) is 28.0. The summed E-state index contributed by atoms with van der Waals surface area (Å²) in [6.45, 7) is 5.36. The molecule has 0 unspecified atom stereocenters. The van der Waals surface area contributed by atoms with Crippen LogP contribution in [-0.2, 0) is 26.6 Å². The summed E-state index contributed by atoms with van der Waals surface area (Å²) < 4.78 is 9.07. The monoisotopic (exact) mass is 479 g/mol. The fourth-order valence-electron chi connectivity index (χ4n) is 2.76. The lowest BCUT2D eigenvalue weighted by molar-refractivity contribution is -0.143. The fourth-order valence-corrected chi connectivity index (χ4v) is 5.62. The number of rotatable bonds is 12. The second-order valence-electron chi connectivity index (χ2n) is 6.43. The van der Waals surface area contributed by atoms with Gasteiger partial charge in [0.25, 0.3) is 0 Å². The molecule has 0 atom stereocenters. The first-order valence-corrected chi connectivity index (χ1v) is 12.8. The van der Waals surface area contributed by atoms with E-state index in [-0.39, 0.29) is 17.6 Å². The summed E-state index contributed by atoms with van der Waals surface area (Å²) in [5, 5.41) is 12.1. The van der Waals surface area contributed by atoms with E-state index >= 15 is 0 Å². The van der Waals surface area contributed by atoms with Gasteiger partial charge in [-0.25, -0.2) is 4.98 Å². The van der Waals surface area contributed by atoms with E-state index in [4.69, 9.17) is 4.74 Å². The maximum absolute atomic E-state index is 12.1. The number of ether oxygens (including phenoxy) is 1. The summed E-state index contributed by atoms with van der Waals surface area (Å²) in [6.07, 6.45) is 0.870. The summed E-state index contributed by atoms with van der Waals surface area (Å²) in [7, 11) is 0. The SMILES string of the molecule is CCOC(=O)CCCNC(=O)CSc1nnc(CSc2nc3ccccc3s2)n1CC. The molecule has 0 spiro atoms. The molecular formula is C20H25N5O3S3. The lowest BCUT2D eigenvalue weighted by Crippen LogP contribution is -2.26. The second kappa shape index (κ2) is 12.1. The van der Waals surface area contributed by atoms with E-state index in [9.17, 15) is 9.59 Å². The molecule has 2 heterocycles. The van der Waals surface area contributed by atoms with Gasteiger partial charge in [0, 0.05) is 19.5 Å². The molecule has 1 N–H and O–H groups in total. The van der Waals surface area contributed by atoms with Crippen LogP contribution in [-0.4, -0.2) is 50.5 Å². The van der Waals surface area contributed by atoms with Gasteiger partial charge in [0.05, 0.1) is 28.3 Å². The van der Waals surface area contributed by atoms with Crippen molar-refractivity contribution in [2.75, 3.05) is 18.9 Å². The first kappa shape index (κ1) is 23.6. The Morgan fingerprint density at radius 3 is 2.81 bits per heavy atom. The number of amides is 1. The molecule has 0 aliphatic carbocycles. The highest BCUT2D eigenvalue weighted by Crippen LogP contribution is 2.31. The number of hydrogen-bond acceptors (Lipinski definition) is 9. The first-order chi connectivity index (χ1) is 15.1. The second-order valence-corrected chi connectivity index (χ2v) is 9.62. The van der Waals surface area contributed by atoms with Gasteiger partial charge >= 0.3 is 5.97 Å². The molecule has 166 valence electrons. The Bertz CT molecular complexity index is 988. The number of nitrogens with zero attached hydrogens (tertiary/aromatic N) is 4. The van der Waals surface area contributed by atoms with Crippen LogP contribution >= 0.6 is 34.9 Å². The molecular weight excluding hydrogens is 454 g/mol. The number of thioether (sulfide) groups is 2. The van der Waals surface area contributed by atoms with Crippen LogP contribution in [0.25, 0.3) is 10.2 Å². The maximum atomic E-state index is 12.1. The van der Waals surface area contributed by atoms with Crippen molar-refractivity contribution >= 4 is 57.0 Å². The zero-order valence-corrected chi connectivity index (χ0v) is 19.9. The van der Waals surface area contributed by atoms with Crippen molar-refractivity contribution in [3.05, 3.63) is 30.1 Å². The zero-order chi connectivity index (χ0) is 22.1. The number of carbonyl (C=O) groups excluding carboxylic acids is 2. The normalized spacial score (nSPS) is 11.0. The standard InChI is InChI=1S/C20H25N5O3S3/c1-3-25-16(12-30-20-22-14-8-5-6-9-15(14)31-20)23-24-19(25)29-13-17(26)21-11-7-10-18(27)28-4-2/h5-6,8-9H,3-4,7,10-13H2,1-2H3,(H,21,26). The molecule has 0 aliphatic heterocycles. The van der Waals surface area contributed by atoms with Gasteiger partial charge in [0.2, 0.25) is 5.91 Å². The minimum atomic E-state index is -0.238. The molecule has 0 radical (unpaired) electrons. The Morgan fingerprint density at radius 2 is 2.03 bits per heavy atom. The van der Waals surface area contributed by atoms with Gasteiger partial charge in [-0.15, -0.1) is 21.5 Å². The molecule has 0 fully saturated rings. The van der Waals surface area contributed by atoms with E-state index in [2.05, 4.69) is 26.6 Å². The first-order valence-electron chi connectivity index (χ1n) is 10.1. The van der Waals surface area contributed by atoms with E-state index in [0.29, 0.717) is 31.7 Å². The van der Waals surface area contributed by atoms with Crippen LogP contribution in [0.4, 0.5) is 0 Å². The maximum Gasteiger partial charge on any atom is 0.305 e. The Morgan fingerprint density at radius 1 is 1.19 bits per heavy atom. The fraction of sp³-hybridized carbons (Fsp3) is 0.450. The lowest BCUT2D eigenvalue weighted by atomic mass is 10.3. The number of nitrogens with one attached hydrogen (secondary N) is 1. The van der Waals surface area contributed by atoms with Crippen LogP contribution in [0.15, 0.2) is 33.8 Å². The highest BCUT2D eigenvalue weighted by molar-refractivity contribution is 8.00. The van der Waals surface area contributed by atoms with E-state index in [1.54, 1.807) is 30.0 Å². The van der Waals surface area contributed by atoms with Crippen molar-refractivity contribution in [2.45, 2.75) is 48.5 Å². The predicted octanol–water partition coefficient (Wildman–Crippen LogP) is 3.75. The molecule has 0 saturated heterocycles. The summed E-state index contributed by atoms with van der Waals surface area (Å²) >= 11 is 4.68. The van der Waals surface area contributed by atoms with E-state index in [1.807, 2.05) is 29.7 Å². The molecule has 0 saturated carbocycles. The number of hydrogen-bond donors (Lipinski definition) is 1. The number of esters is 1. The Hall–Kier alpha value is -2.11. The number of benzene rings is 1. The highest BCUT2D eigenvalue weighted by Gasteiger charge is 2.14. The molecule has 11 heteroatoms. The molecule has 1 aromatic carbocycles. The highest BCUT2D eigenvalue weighted by atomic mass is 32.2. The van der Waals surface area contributed by atoms with Crippen LogP contribution in [0.3, 0.4) is 0 Å². The van der Waals surface area contributed by atoms with Crippen LogP contribution < -0.4 is 5.32 Å². The minimum Gasteiger partial charge on any atom is -0.466 e. The molecule has 3 aromatic rings. The Labute approximate surface area is 193 Å². The number of aromatic nitrogens is 4. The zero-order valence-electron chi connectivity index (χ0n) is 17.5. The third-order valence-corrected chi connectivity index (χ3v) is 7.37. The van der Waals surface area contributed by atoms with E-state index in [0.717, 1.165) is 27.4 Å². The quantitative estimate of drug-likeness (QED) is 0.238. The van der Waals surface area contributed by atoms with Crippen LogP contribution in [0.2, 0.25) is 0 Å². The minimum absolute atomic E-state index is 0.0927. The molecule has 3 rings (SSSR count). The van der Waals surface area contributed by atoms with Gasteiger partial charge in [-0.2, -0.15) is 0 Å². The number of carbonyl (C=O) groups is 2. The van der Waals surface area contributed by atoms with Crippen molar-refractivity contribution in [3.63, 3.8) is 0 Å². The molecule has 0 aliphatic rings. The van der Waals surface area contributed by atoms with Gasteiger partial charge in [-0.05, 0) is 32.4 Å². The van der Waals surface area contributed by atoms with Crippen LogP contribution in [0.5, 0.6) is 0 Å². The predicted molar refractivity (Wildman–Crippen MR) is 124 cm³/mol. The number of fused-ring (bicyclic) bond motifs is 1. The van der Waals surface area contributed by atoms with Crippen molar-refractivity contribution in [1.82, 2.24) is 25.1 Å². The Kier molecular flexibility index (Phi) is 9.16. The third-order valence-electron chi connectivity index (χ3n) is 4.23. The molecule has 2 aromatic heterocycles. The van der Waals surface area contributed by atoms with Gasteiger partial charge in [-0.1, -0.05) is 35.7 Å². The number of para-hydroxylation sites is 1. The topological polar surface area (TPSA) is 99.0 Å². The van der Waals surface area contributed by atoms with E-state index < -0.39 is 0 Å². The summed E-state index contributed by atoms with van der Waals surface area (Å²) in [5.41, 5.74) is 1.01. The van der Waals surface area contributed by atoms with Crippen LogP contribution in [0, 0.1) is 0 Å². The lowest BCUT2D eigenvalue weighted by Gasteiger charge is -2.07. The molecule has 31 heavy (non-hydrogen) atoms. The molecule has 1 amide bonds. The molecule has 8 nitrogen and oxygen atoms in total. The molecule has 0 bridgehead atoms. The third kappa shape index (κ3) is 6.94. The van der Waals surface area contributed by atoms with Gasteiger partial charge in [0.15, 0.2) is 9.50 Å². The smallest absolute Gasteiger partial charge is 0.305 e. The van der Waals surface area contributed by atoms with Gasteiger partial charge in [0.1, 0.15) is 5.82 Å². The van der Waals surface area contributed by atoms with Crippen LogP contribution in [0.1, 0.15) is 32.5 Å². The van der Waals surface area contributed by atoms with Crippen molar-refractivity contribution in [3.8, 4) is 0 Å². The summed E-state index contributed by atoms with van der Waals surface area (Å²) in [6, 6.07) is 8.09. The van der Waals surface area contributed by atoms with Gasteiger partial charge in [-0.3, -0.25) is 9.59 Å². The summed E-state index contributed by atoms with van der Waals surface area (Å²) in [5.74, 6) is 1.46. The van der Waals surface area contributed by atoms with Crippen molar-refractivity contribution in [1.29, 1.82) is 0 Å². The van der Waals surface area contributed by atoms with E-state index in [1.165, 1.54) is 16.5 Å². The van der Waals surface area contributed by atoms with Crippen molar-refractivity contribution in [2.24, 2.45) is 0 Å². The van der Waals surface area contributed by atoms with Crippen molar-refractivity contribution < 1.29 is 14.3 Å². The largest absolute Gasteiger partial charge is 0.466 e. The number of thiazole rings is 1. The average Bonchev–Trinajstić information content (AvgIpc) is 3.36.